The lowest BCUT2D eigenvalue weighted by atomic mass is 10.1. The molecule has 144 valence electrons. The summed E-state index contributed by atoms with van der Waals surface area (Å²) in [7, 11) is 0. The van der Waals surface area contributed by atoms with E-state index in [0.717, 1.165) is 49.7 Å². The number of anilines is 1. The lowest BCUT2D eigenvalue weighted by molar-refractivity contribution is 0.140. The maximum atomic E-state index is 11.1. The molecule has 9 heteroatoms. The summed E-state index contributed by atoms with van der Waals surface area (Å²) < 4.78 is 10.4. The number of rotatable bonds is 5. The number of hydrogen-bond donors (Lipinski definition) is 3. The van der Waals surface area contributed by atoms with Gasteiger partial charge >= 0.3 is 12.1 Å². The number of benzene rings is 1. The van der Waals surface area contributed by atoms with E-state index in [2.05, 4.69) is 22.3 Å². The summed E-state index contributed by atoms with van der Waals surface area (Å²) in [6, 6.07) is 9.04. The molecule has 0 aliphatic carbocycles. The normalized spacial score (nSPS) is 15.1. The molecule has 0 saturated carbocycles. The van der Waals surface area contributed by atoms with Crippen LogP contribution in [0.15, 0.2) is 30.3 Å². The van der Waals surface area contributed by atoms with Crippen LogP contribution in [0.25, 0.3) is 10.4 Å². The topological polar surface area (TPSA) is 120 Å². The Hall–Kier alpha value is -2.62. The first-order valence-corrected chi connectivity index (χ1v) is 9.40. The number of carbonyl (C=O) groups is 2. The van der Waals surface area contributed by atoms with Crippen molar-refractivity contribution in [2.24, 2.45) is 11.5 Å². The molecule has 0 spiro atoms. The smallest absolute Gasteiger partial charge is 0.407 e. The fourth-order valence-corrected chi connectivity index (χ4v) is 3.88. The van der Waals surface area contributed by atoms with E-state index in [9.17, 15) is 9.59 Å². The van der Waals surface area contributed by atoms with Crippen LogP contribution in [0.2, 0.25) is 0 Å². The summed E-state index contributed by atoms with van der Waals surface area (Å²) in [5, 5.41) is 2.78. The van der Waals surface area contributed by atoms with Gasteiger partial charge in [-0.25, -0.2) is 9.59 Å². The molecule has 27 heavy (non-hydrogen) atoms. The first-order chi connectivity index (χ1) is 13.0. The Kier molecular flexibility index (Phi) is 6.28. The van der Waals surface area contributed by atoms with Gasteiger partial charge in [0, 0.05) is 37.2 Å². The molecule has 2 heterocycles. The Morgan fingerprint density at radius 2 is 1.96 bits per heavy atom. The molecule has 1 aromatic heterocycles. The van der Waals surface area contributed by atoms with Crippen LogP contribution in [0.5, 0.6) is 5.75 Å². The second-order valence-corrected chi connectivity index (χ2v) is 7.21. The van der Waals surface area contributed by atoms with Crippen LogP contribution >= 0.6 is 11.3 Å². The molecule has 3 amide bonds. The van der Waals surface area contributed by atoms with Crippen molar-refractivity contribution >= 4 is 28.5 Å². The van der Waals surface area contributed by atoms with Gasteiger partial charge in [0.05, 0.1) is 6.61 Å². The van der Waals surface area contributed by atoms with Crippen molar-refractivity contribution in [3.05, 3.63) is 35.9 Å². The Morgan fingerprint density at radius 1 is 1.19 bits per heavy atom. The van der Waals surface area contributed by atoms with Crippen LogP contribution in [-0.2, 0) is 11.3 Å². The molecule has 1 aliphatic heterocycles. The van der Waals surface area contributed by atoms with E-state index >= 15 is 0 Å². The first-order valence-electron chi connectivity index (χ1n) is 8.58. The molecule has 1 aromatic carbocycles. The molecule has 2 aromatic rings. The van der Waals surface area contributed by atoms with Crippen LogP contribution in [0.4, 0.5) is 14.6 Å². The zero-order valence-electron chi connectivity index (χ0n) is 14.8. The Morgan fingerprint density at radius 3 is 2.67 bits per heavy atom. The average Bonchev–Trinajstić information content (AvgIpc) is 2.82. The van der Waals surface area contributed by atoms with E-state index in [4.69, 9.17) is 20.9 Å². The molecule has 0 atom stereocenters. The summed E-state index contributed by atoms with van der Waals surface area (Å²) in [6.45, 7) is 4.43. The monoisotopic (exact) mass is 390 g/mol. The highest BCUT2D eigenvalue weighted by atomic mass is 32.1. The lowest BCUT2D eigenvalue weighted by Gasteiger charge is -2.19. The SMILES string of the molecule is NC(=O)Nc1sc(-c2ccc(CN3CCCOCC3)cc2)cc1OC(N)=O. The van der Waals surface area contributed by atoms with Gasteiger partial charge in [0.2, 0.25) is 0 Å². The van der Waals surface area contributed by atoms with Crippen molar-refractivity contribution < 1.29 is 19.1 Å². The summed E-state index contributed by atoms with van der Waals surface area (Å²) in [4.78, 5) is 25.4. The third kappa shape index (κ3) is 5.43. The van der Waals surface area contributed by atoms with E-state index in [1.54, 1.807) is 6.07 Å². The first kappa shape index (κ1) is 19.2. The molecule has 5 N–H and O–H groups in total. The van der Waals surface area contributed by atoms with Crippen molar-refractivity contribution in [3.8, 4) is 16.2 Å². The Bertz CT molecular complexity index is 765. The van der Waals surface area contributed by atoms with Crippen LogP contribution in [0.3, 0.4) is 0 Å². The molecule has 1 saturated heterocycles. The maximum absolute atomic E-state index is 11.1. The van der Waals surface area contributed by atoms with Crippen molar-refractivity contribution in [2.45, 2.75) is 13.0 Å². The van der Waals surface area contributed by atoms with E-state index in [-0.39, 0.29) is 5.75 Å². The van der Waals surface area contributed by atoms with E-state index in [1.807, 2.05) is 12.1 Å². The van der Waals surface area contributed by atoms with Crippen LogP contribution in [0.1, 0.15) is 12.0 Å². The third-order valence-electron chi connectivity index (χ3n) is 4.10. The summed E-state index contributed by atoms with van der Waals surface area (Å²) in [5.41, 5.74) is 12.4. The second kappa shape index (κ2) is 8.85. The number of ether oxygens (including phenoxy) is 2. The number of nitrogens with two attached hydrogens (primary N) is 2. The van der Waals surface area contributed by atoms with Gasteiger partial charge in [-0.2, -0.15) is 0 Å². The molecule has 3 rings (SSSR count). The van der Waals surface area contributed by atoms with Crippen LogP contribution < -0.4 is 21.5 Å². The molecule has 8 nitrogen and oxygen atoms in total. The van der Waals surface area contributed by atoms with Crippen LogP contribution in [-0.4, -0.2) is 43.3 Å². The second-order valence-electron chi connectivity index (χ2n) is 6.15. The molecule has 1 aliphatic rings. The number of urea groups is 1. The third-order valence-corrected chi connectivity index (χ3v) is 5.19. The molecular weight excluding hydrogens is 368 g/mol. The standard InChI is InChI=1S/C18H22N4O4S/c19-17(23)21-16-14(26-18(20)24)10-15(27-16)13-4-2-12(3-5-13)11-22-6-1-8-25-9-7-22/h2-5,10H,1,6-9,11H2,(H2,20,24)(H3,19,21,23). The number of primary amides is 2. The van der Waals surface area contributed by atoms with Gasteiger partial charge in [0.15, 0.2) is 5.75 Å². The number of thiophene rings is 1. The number of carbonyl (C=O) groups excluding carboxylic acids is 2. The summed E-state index contributed by atoms with van der Waals surface area (Å²) in [5.74, 6) is 0.176. The summed E-state index contributed by atoms with van der Waals surface area (Å²) >= 11 is 1.26. The van der Waals surface area contributed by atoms with Gasteiger partial charge in [0.1, 0.15) is 5.00 Å². The minimum Gasteiger partial charge on any atom is -0.407 e. The largest absolute Gasteiger partial charge is 0.410 e. The molecule has 0 unspecified atom stereocenters. The molecule has 1 fully saturated rings. The van der Waals surface area contributed by atoms with E-state index in [1.165, 1.54) is 16.9 Å². The number of hydrogen-bond acceptors (Lipinski definition) is 6. The van der Waals surface area contributed by atoms with Gasteiger partial charge < -0.3 is 20.9 Å². The highest BCUT2D eigenvalue weighted by Crippen LogP contribution is 2.40. The van der Waals surface area contributed by atoms with Crippen molar-refractivity contribution in [1.82, 2.24) is 4.90 Å². The molecule has 0 bridgehead atoms. The predicted octanol–water partition coefficient (Wildman–Crippen LogP) is 2.59. The minimum absolute atomic E-state index is 0.176. The fourth-order valence-electron chi connectivity index (χ4n) is 2.89. The predicted molar refractivity (Wildman–Crippen MR) is 104 cm³/mol. The molecular formula is C18H22N4O4S. The average molecular weight is 390 g/mol. The van der Waals surface area contributed by atoms with E-state index < -0.39 is 12.1 Å². The minimum atomic E-state index is -0.955. The Balaban J connectivity index is 1.74. The van der Waals surface area contributed by atoms with Crippen molar-refractivity contribution in [1.29, 1.82) is 0 Å². The van der Waals surface area contributed by atoms with Crippen LogP contribution in [0, 0.1) is 0 Å². The van der Waals surface area contributed by atoms with Gasteiger partial charge in [-0.15, -0.1) is 11.3 Å². The quantitative estimate of drug-likeness (QED) is 0.725. The maximum Gasteiger partial charge on any atom is 0.410 e. The van der Waals surface area contributed by atoms with Gasteiger partial charge in [-0.3, -0.25) is 10.2 Å². The molecule has 0 radical (unpaired) electrons. The number of nitrogens with zero attached hydrogens (tertiary/aromatic N) is 1. The highest BCUT2D eigenvalue weighted by molar-refractivity contribution is 7.20. The number of nitrogens with one attached hydrogen (secondary N) is 1. The zero-order chi connectivity index (χ0) is 19.2. The van der Waals surface area contributed by atoms with Gasteiger partial charge in [0.25, 0.3) is 0 Å². The van der Waals surface area contributed by atoms with Crippen molar-refractivity contribution in [2.75, 3.05) is 31.6 Å². The Labute approximate surface area is 161 Å². The number of amides is 3. The highest BCUT2D eigenvalue weighted by Gasteiger charge is 2.16. The zero-order valence-corrected chi connectivity index (χ0v) is 15.6. The van der Waals surface area contributed by atoms with E-state index in [0.29, 0.717) is 5.00 Å². The van der Waals surface area contributed by atoms with Gasteiger partial charge in [-0.1, -0.05) is 24.3 Å². The fraction of sp³-hybridized carbons (Fsp3) is 0.333. The van der Waals surface area contributed by atoms with Crippen molar-refractivity contribution in [3.63, 3.8) is 0 Å². The van der Waals surface area contributed by atoms with Gasteiger partial charge in [-0.05, 0) is 17.5 Å². The summed E-state index contributed by atoms with van der Waals surface area (Å²) in [6.07, 6.45) is 0.0922. The lowest BCUT2D eigenvalue weighted by Crippen LogP contribution is -2.25.